The Morgan fingerprint density at radius 2 is 1.96 bits per heavy atom. The number of hydrogen-bond donors (Lipinski definition) is 0. The third kappa shape index (κ3) is 3.53. The molecule has 1 aromatic heterocycles. The summed E-state index contributed by atoms with van der Waals surface area (Å²) in [4.78, 5) is 30.8. The van der Waals surface area contributed by atoms with E-state index in [4.69, 9.17) is 0 Å². The van der Waals surface area contributed by atoms with Gasteiger partial charge in [-0.25, -0.2) is 0 Å². The predicted molar refractivity (Wildman–Crippen MR) is 108 cm³/mol. The molecular weight excluding hydrogens is 356 g/mol. The highest BCUT2D eigenvalue weighted by molar-refractivity contribution is 7.10. The molecular formula is C22H26N2O2S. The number of hydrogen-bond acceptors (Lipinski definition) is 3. The summed E-state index contributed by atoms with van der Waals surface area (Å²) in [7, 11) is 0. The fraction of sp³-hybridized carbons (Fsp3) is 0.455. The van der Waals surface area contributed by atoms with Crippen molar-refractivity contribution in [3.63, 3.8) is 0 Å². The topological polar surface area (TPSA) is 40.6 Å². The van der Waals surface area contributed by atoms with Crippen LogP contribution in [0.15, 0.2) is 35.7 Å². The molecule has 0 radical (unpaired) electrons. The van der Waals surface area contributed by atoms with Crippen molar-refractivity contribution < 1.29 is 9.59 Å². The third-order valence-electron chi connectivity index (χ3n) is 5.69. The number of rotatable bonds is 5. The van der Waals surface area contributed by atoms with Gasteiger partial charge in [0.2, 0.25) is 11.8 Å². The van der Waals surface area contributed by atoms with E-state index in [0.29, 0.717) is 13.0 Å². The average molecular weight is 383 g/mol. The number of thiophene rings is 1. The Morgan fingerprint density at radius 3 is 2.67 bits per heavy atom. The minimum Gasteiger partial charge on any atom is -0.330 e. The quantitative estimate of drug-likeness (QED) is 0.786. The molecule has 0 spiro atoms. The van der Waals surface area contributed by atoms with Gasteiger partial charge in [-0.3, -0.25) is 9.59 Å². The fourth-order valence-corrected chi connectivity index (χ4v) is 4.96. The summed E-state index contributed by atoms with van der Waals surface area (Å²) in [6.07, 6.45) is 3.40. The highest BCUT2D eigenvalue weighted by atomic mass is 32.1. The van der Waals surface area contributed by atoms with E-state index in [2.05, 4.69) is 30.5 Å². The zero-order valence-corrected chi connectivity index (χ0v) is 16.8. The number of aryl methyl sites for hydroxylation is 1. The van der Waals surface area contributed by atoms with Crippen molar-refractivity contribution >= 4 is 23.2 Å². The summed E-state index contributed by atoms with van der Waals surface area (Å²) in [5.74, 6) is 0.153. The van der Waals surface area contributed by atoms with Crippen molar-refractivity contribution in [1.29, 1.82) is 0 Å². The molecule has 2 amide bonds. The molecule has 0 N–H and O–H groups in total. The number of carbonyl (C=O) groups is 2. The van der Waals surface area contributed by atoms with Gasteiger partial charge in [-0.05, 0) is 54.3 Å². The van der Waals surface area contributed by atoms with Gasteiger partial charge in [0.1, 0.15) is 6.54 Å². The normalized spacial score (nSPS) is 18.9. The molecule has 1 aliphatic heterocycles. The van der Waals surface area contributed by atoms with E-state index in [0.717, 1.165) is 19.3 Å². The fourth-order valence-electron chi connectivity index (χ4n) is 4.06. The lowest BCUT2D eigenvalue weighted by atomic mass is 9.90. The van der Waals surface area contributed by atoms with Gasteiger partial charge in [-0.1, -0.05) is 31.2 Å². The van der Waals surface area contributed by atoms with E-state index in [-0.39, 0.29) is 30.4 Å². The Kier molecular flexibility index (Phi) is 5.04. The minimum atomic E-state index is -0.0496. The molecule has 0 unspecified atom stereocenters. The van der Waals surface area contributed by atoms with Gasteiger partial charge < -0.3 is 9.80 Å². The summed E-state index contributed by atoms with van der Waals surface area (Å²) in [5.41, 5.74) is 3.63. The van der Waals surface area contributed by atoms with Crippen LogP contribution in [0.25, 0.3) is 0 Å². The minimum absolute atomic E-state index is 0.0496. The number of carbonyl (C=O) groups excluding carboxylic acids is 2. The molecule has 1 atom stereocenters. The number of amides is 2. The second kappa shape index (κ2) is 7.47. The van der Waals surface area contributed by atoms with Crippen molar-refractivity contribution in [1.82, 2.24) is 9.80 Å². The maximum Gasteiger partial charge on any atom is 0.243 e. The largest absolute Gasteiger partial charge is 0.330 e. The van der Waals surface area contributed by atoms with Crippen LogP contribution in [0, 0.1) is 6.92 Å². The van der Waals surface area contributed by atoms with E-state index in [1.807, 2.05) is 24.0 Å². The molecule has 5 heteroatoms. The summed E-state index contributed by atoms with van der Waals surface area (Å²) in [6.45, 7) is 4.90. The van der Waals surface area contributed by atoms with Crippen LogP contribution >= 0.6 is 11.3 Å². The zero-order valence-electron chi connectivity index (χ0n) is 16.0. The summed E-state index contributed by atoms with van der Waals surface area (Å²) >= 11 is 1.78. The lowest BCUT2D eigenvalue weighted by Crippen LogP contribution is -2.47. The number of nitrogens with zero attached hydrogens (tertiary/aromatic N) is 2. The van der Waals surface area contributed by atoms with E-state index >= 15 is 0 Å². The lowest BCUT2D eigenvalue weighted by molar-refractivity contribution is -0.142. The van der Waals surface area contributed by atoms with Crippen LogP contribution in [-0.2, 0) is 16.0 Å². The molecule has 4 nitrogen and oxygen atoms in total. The molecule has 0 saturated heterocycles. The molecule has 2 heterocycles. The molecule has 4 rings (SSSR count). The molecule has 1 saturated carbocycles. The first-order chi connectivity index (χ1) is 13.1. The maximum atomic E-state index is 13.3. The second-order valence-corrected chi connectivity index (χ2v) is 8.50. The summed E-state index contributed by atoms with van der Waals surface area (Å²) in [5, 5.41) is 2.13. The molecule has 142 valence electrons. The van der Waals surface area contributed by atoms with Crippen LogP contribution < -0.4 is 0 Å². The van der Waals surface area contributed by atoms with Crippen LogP contribution in [0.2, 0.25) is 0 Å². The Hall–Kier alpha value is -2.14. The maximum absolute atomic E-state index is 13.3. The van der Waals surface area contributed by atoms with Gasteiger partial charge in [-0.2, -0.15) is 0 Å². The van der Waals surface area contributed by atoms with Crippen LogP contribution in [0.4, 0.5) is 0 Å². The number of benzene rings is 1. The first-order valence-corrected chi connectivity index (χ1v) is 10.7. The Balaban J connectivity index is 1.65. The molecule has 2 aromatic rings. The standard InChI is InChI=1S/C22H26N2O2S/c1-3-20(25)24(16-8-9-16)14-21(26)23-12-10-19-18(11-13-27-19)22(23)17-7-5-4-6-15(17)2/h4-7,11,13,16,22H,3,8-10,12,14H2,1-2H3/t22-/m0/s1. The van der Waals surface area contributed by atoms with Crippen molar-refractivity contribution in [3.05, 3.63) is 57.3 Å². The van der Waals surface area contributed by atoms with Gasteiger partial charge in [0.25, 0.3) is 0 Å². The van der Waals surface area contributed by atoms with Gasteiger partial charge in [-0.15, -0.1) is 11.3 Å². The Labute approximate surface area is 164 Å². The van der Waals surface area contributed by atoms with Crippen LogP contribution in [0.5, 0.6) is 0 Å². The first kappa shape index (κ1) is 18.2. The van der Waals surface area contributed by atoms with Gasteiger partial charge >= 0.3 is 0 Å². The Bertz CT molecular complexity index is 856. The SMILES string of the molecule is CCC(=O)N(CC(=O)N1CCc2sccc2[C@@H]1c1ccccc1C)C1CC1. The predicted octanol–water partition coefficient (Wildman–Crippen LogP) is 3.93. The molecule has 27 heavy (non-hydrogen) atoms. The van der Waals surface area contributed by atoms with Crippen molar-refractivity contribution in [2.45, 2.75) is 51.6 Å². The van der Waals surface area contributed by atoms with Crippen LogP contribution in [0.3, 0.4) is 0 Å². The summed E-state index contributed by atoms with van der Waals surface area (Å²) < 4.78 is 0. The zero-order chi connectivity index (χ0) is 19.0. The van der Waals surface area contributed by atoms with E-state index in [1.165, 1.54) is 21.6 Å². The summed E-state index contributed by atoms with van der Waals surface area (Å²) in [6, 6.07) is 10.7. The van der Waals surface area contributed by atoms with Crippen molar-refractivity contribution in [2.75, 3.05) is 13.1 Å². The van der Waals surface area contributed by atoms with Crippen LogP contribution in [-0.4, -0.2) is 40.7 Å². The lowest BCUT2D eigenvalue weighted by Gasteiger charge is -2.38. The average Bonchev–Trinajstić information content (AvgIpc) is 3.41. The van der Waals surface area contributed by atoms with E-state index in [9.17, 15) is 9.59 Å². The van der Waals surface area contributed by atoms with Crippen molar-refractivity contribution in [2.24, 2.45) is 0 Å². The van der Waals surface area contributed by atoms with E-state index in [1.54, 1.807) is 16.2 Å². The highest BCUT2D eigenvalue weighted by Crippen LogP contribution is 2.39. The first-order valence-electron chi connectivity index (χ1n) is 9.81. The smallest absolute Gasteiger partial charge is 0.243 e. The molecule has 0 bridgehead atoms. The molecule has 1 aliphatic carbocycles. The third-order valence-corrected chi connectivity index (χ3v) is 6.68. The monoisotopic (exact) mass is 382 g/mol. The van der Waals surface area contributed by atoms with Crippen LogP contribution in [0.1, 0.15) is 53.8 Å². The molecule has 1 aromatic carbocycles. The highest BCUT2D eigenvalue weighted by Gasteiger charge is 2.37. The molecule has 2 aliphatic rings. The Morgan fingerprint density at radius 1 is 1.19 bits per heavy atom. The van der Waals surface area contributed by atoms with Gasteiger partial charge in [0.05, 0.1) is 6.04 Å². The molecule has 1 fully saturated rings. The number of fused-ring (bicyclic) bond motifs is 1. The van der Waals surface area contributed by atoms with Gasteiger partial charge in [0.15, 0.2) is 0 Å². The van der Waals surface area contributed by atoms with Crippen molar-refractivity contribution in [3.8, 4) is 0 Å². The van der Waals surface area contributed by atoms with E-state index < -0.39 is 0 Å². The van der Waals surface area contributed by atoms with Gasteiger partial charge in [0, 0.05) is 23.9 Å². The second-order valence-electron chi connectivity index (χ2n) is 7.50.